The fraction of sp³-hybridized carbons (Fsp3) is 1.00. The van der Waals surface area contributed by atoms with Crippen molar-refractivity contribution in [3.05, 3.63) is 0 Å². The molecule has 1 unspecified atom stereocenters. The Morgan fingerprint density at radius 3 is 2.29 bits per heavy atom. The minimum Gasteiger partial charge on any atom is -0.393 e. The van der Waals surface area contributed by atoms with Gasteiger partial charge in [0, 0.05) is 13.1 Å². The first kappa shape index (κ1) is 13.9. The quantitative estimate of drug-likeness (QED) is 0.710. The first-order chi connectivity index (χ1) is 6.31. The number of aliphatic hydroxyl groups is 1. The van der Waals surface area contributed by atoms with E-state index >= 15 is 0 Å². The molecule has 0 aromatic rings. The molecular weight excluding hydrogens is 178 g/mol. The Kier molecular flexibility index (Phi) is 6.33. The zero-order valence-corrected chi connectivity index (χ0v) is 10.2. The Labute approximate surface area is 88.1 Å². The van der Waals surface area contributed by atoms with Crippen molar-refractivity contribution in [1.29, 1.82) is 0 Å². The summed E-state index contributed by atoms with van der Waals surface area (Å²) in [5, 5.41) is 9.10. The summed E-state index contributed by atoms with van der Waals surface area (Å²) in [6, 6.07) is 0. The molecule has 0 aromatic heterocycles. The third-order valence-corrected chi connectivity index (χ3v) is 1.94. The third-order valence-electron chi connectivity index (χ3n) is 1.94. The second-order valence-electron chi connectivity index (χ2n) is 4.90. The van der Waals surface area contributed by atoms with Crippen LogP contribution < -0.4 is 0 Å². The molecule has 3 nitrogen and oxygen atoms in total. The van der Waals surface area contributed by atoms with E-state index in [1.54, 1.807) is 0 Å². The predicted molar refractivity (Wildman–Crippen MR) is 59.5 cm³/mol. The van der Waals surface area contributed by atoms with Crippen molar-refractivity contribution < 1.29 is 9.84 Å². The predicted octanol–water partition coefficient (Wildman–Crippen LogP) is 1.50. The van der Waals surface area contributed by atoms with Gasteiger partial charge in [-0.3, -0.25) is 0 Å². The second-order valence-corrected chi connectivity index (χ2v) is 4.90. The van der Waals surface area contributed by atoms with Gasteiger partial charge in [-0.05, 0) is 41.2 Å². The first-order valence-corrected chi connectivity index (χ1v) is 5.32. The molecular formula is C11H25NO2. The van der Waals surface area contributed by atoms with E-state index in [-0.39, 0.29) is 11.7 Å². The van der Waals surface area contributed by atoms with E-state index in [9.17, 15) is 0 Å². The largest absolute Gasteiger partial charge is 0.393 e. The Morgan fingerprint density at radius 1 is 1.29 bits per heavy atom. The van der Waals surface area contributed by atoms with Crippen LogP contribution in [0.1, 0.15) is 34.1 Å². The van der Waals surface area contributed by atoms with Crippen molar-refractivity contribution in [3.8, 4) is 0 Å². The lowest BCUT2D eigenvalue weighted by Crippen LogP contribution is -2.29. The Balaban J connectivity index is 3.40. The lowest BCUT2D eigenvalue weighted by Gasteiger charge is -2.23. The van der Waals surface area contributed by atoms with Crippen LogP contribution in [0.15, 0.2) is 0 Å². The van der Waals surface area contributed by atoms with Crippen LogP contribution in [0.5, 0.6) is 0 Å². The van der Waals surface area contributed by atoms with E-state index in [0.29, 0.717) is 0 Å². The lowest BCUT2D eigenvalue weighted by atomic mass is 10.2. The molecule has 0 radical (unpaired) electrons. The Bertz CT molecular complexity index is 141. The van der Waals surface area contributed by atoms with E-state index in [2.05, 4.69) is 32.7 Å². The van der Waals surface area contributed by atoms with E-state index in [0.717, 1.165) is 26.1 Å². The smallest absolute Gasteiger partial charge is 0.0600 e. The highest BCUT2D eigenvalue weighted by Crippen LogP contribution is 2.06. The van der Waals surface area contributed by atoms with Crippen molar-refractivity contribution in [2.75, 3.05) is 26.7 Å². The first-order valence-electron chi connectivity index (χ1n) is 5.32. The minimum absolute atomic E-state index is 0.0505. The van der Waals surface area contributed by atoms with E-state index in [4.69, 9.17) is 9.84 Å². The van der Waals surface area contributed by atoms with Crippen molar-refractivity contribution in [2.45, 2.75) is 45.8 Å². The highest BCUT2D eigenvalue weighted by Gasteiger charge is 2.10. The number of likely N-dealkylation sites (N-methyl/N-ethyl adjacent to an activating group) is 1. The van der Waals surface area contributed by atoms with Crippen molar-refractivity contribution in [2.24, 2.45) is 0 Å². The van der Waals surface area contributed by atoms with Crippen LogP contribution >= 0.6 is 0 Å². The molecule has 1 atom stereocenters. The topological polar surface area (TPSA) is 32.7 Å². The molecule has 0 aliphatic rings. The fourth-order valence-electron chi connectivity index (χ4n) is 1.03. The van der Waals surface area contributed by atoms with Crippen LogP contribution in [-0.4, -0.2) is 48.5 Å². The van der Waals surface area contributed by atoms with Gasteiger partial charge in [-0.25, -0.2) is 0 Å². The number of nitrogens with zero attached hydrogens (tertiary/aromatic N) is 1. The summed E-state index contributed by atoms with van der Waals surface area (Å²) in [7, 11) is 2.05. The van der Waals surface area contributed by atoms with Gasteiger partial charge in [0.25, 0.3) is 0 Å². The van der Waals surface area contributed by atoms with Crippen molar-refractivity contribution in [1.82, 2.24) is 4.90 Å². The molecule has 0 heterocycles. The normalized spacial score (nSPS) is 14.8. The molecule has 3 heteroatoms. The molecule has 0 fully saturated rings. The van der Waals surface area contributed by atoms with Crippen LogP contribution in [0.2, 0.25) is 0 Å². The molecule has 0 saturated carbocycles. The maximum absolute atomic E-state index is 9.10. The Hall–Kier alpha value is -0.120. The molecule has 0 spiro atoms. The summed E-state index contributed by atoms with van der Waals surface area (Å²) in [6.07, 6.45) is 0.618. The minimum atomic E-state index is -0.207. The number of rotatable bonds is 6. The van der Waals surface area contributed by atoms with Crippen LogP contribution in [0.25, 0.3) is 0 Å². The molecule has 0 amide bonds. The number of hydrogen-bond acceptors (Lipinski definition) is 3. The second kappa shape index (κ2) is 6.38. The van der Waals surface area contributed by atoms with Gasteiger partial charge < -0.3 is 14.7 Å². The maximum atomic E-state index is 9.10. The third kappa shape index (κ3) is 9.96. The van der Waals surface area contributed by atoms with Gasteiger partial charge in [0.1, 0.15) is 0 Å². The average molecular weight is 203 g/mol. The monoisotopic (exact) mass is 203 g/mol. The summed E-state index contributed by atoms with van der Waals surface area (Å²) in [5.41, 5.74) is -0.0505. The van der Waals surface area contributed by atoms with Crippen LogP contribution in [0.3, 0.4) is 0 Å². The molecule has 0 bridgehead atoms. The highest BCUT2D eigenvalue weighted by molar-refractivity contribution is 4.60. The number of hydrogen-bond donors (Lipinski definition) is 1. The standard InChI is InChI=1S/C11H25NO2/c1-10(13)6-7-12(5)8-9-14-11(2,3)4/h10,13H,6-9H2,1-5H3. The average Bonchev–Trinajstić information content (AvgIpc) is 1.98. The Morgan fingerprint density at radius 2 is 1.86 bits per heavy atom. The summed E-state index contributed by atoms with van der Waals surface area (Å²) in [6.45, 7) is 10.6. The number of aliphatic hydroxyl groups excluding tert-OH is 1. The molecule has 86 valence electrons. The highest BCUT2D eigenvalue weighted by atomic mass is 16.5. The zero-order chi connectivity index (χ0) is 11.2. The molecule has 1 N–H and O–H groups in total. The summed E-state index contributed by atoms with van der Waals surface area (Å²) in [5.74, 6) is 0. The van der Waals surface area contributed by atoms with Gasteiger partial charge in [-0.15, -0.1) is 0 Å². The van der Waals surface area contributed by atoms with Crippen LogP contribution in [0, 0.1) is 0 Å². The summed E-state index contributed by atoms with van der Waals surface area (Å²) < 4.78 is 5.60. The lowest BCUT2D eigenvalue weighted by molar-refractivity contribution is -0.0115. The van der Waals surface area contributed by atoms with Gasteiger partial charge in [0.2, 0.25) is 0 Å². The summed E-state index contributed by atoms with van der Waals surface area (Å²) >= 11 is 0. The van der Waals surface area contributed by atoms with Gasteiger partial charge >= 0.3 is 0 Å². The zero-order valence-electron chi connectivity index (χ0n) is 10.2. The van der Waals surface area contributed by atoms with Crippen molar-refractivity contribution >= 4 is 0 Å². The fourth-order valence-corrected chi connectivity index (χ4v) is 1.03. The van der Waals surface area contributed by atoms with Crippen LogP contribution in [-0.2, 0) is 4.74 Å². The number of ether oxygens (including phenoxy) is 1. The molecule has 0 aliphatic heterocycles. The van der Waals surface area contributed by atoms with Crippen LogP contribution in [0.4, 0.5) is 0 Å². The SMILES string of the molecule is CC(O)CCN(C)CCOC(C)(C)C. The van der Waals surface area contributed by atoms with Gasteiger partial charge in [0.05, 0.1) is 18.3 Å². The molecule has 0 aromatic carbocycles. The summed E-state index contributed by atoms with van der Waals surface area (Å²) in [4.78, 5) is 2.18. The maximum Gasteiger partial charge on any atom is 0.0600 e. The van der Waals surface area contributed by atoms with Gasteiger partial charge in [-0.2, -0.15) is 0 Å². The van der Waals surface area contributed by atoms with Gasteiger partial charge in [0.15, 0.2) is 0 Å². The van der Waals surface area contributed by atoms with E-state index in [1.165, 1.54) is 0 Å². The molecule has 0 aliphatic carbocycles. The molecule has 0 saturated heterocycles. The van der Waals surface area contributed by atoms with Crippen molar-refractivity contribution in [3.63, 3.8) is 0 Å². The molecule has 14 heavy (non-hydrogen) atoms. The molecule has 0 rings (SSSR count). The van der Waals surface area contributed by atoms with Gasteiger partial charge in [-0.1, -0.05) is 0 Å². The van der Waals surface area contributed by atoms with E-state index in [1.807, 2.05) is 6.92 Å². The van der Waals surface area contributed by atoms with E-state index < -0.39 is 0 Å².